The molecule has 0 bridgehead atoms. The molecule has 0 radical (unpaired) electrons. The normalized spacial score (nSPS) is 11.4. The predicted molar refractivity (Wildman–Crippen MR) is 102 cm³/mol. The van der Waals surface area contributed by atoms with Crippen LogP contribution in [0.1, 0.15) is 21.5 Å². The monoisotopic (exact) mass is 408 g/mol. The van der Waals surface area contributed by atoms with E-state index < -0.39 is 39.9 Å². The SMILES string of the molecule is Cc1ccc(NC(=O)COC(=O)c2cc(S(=O)(=O)N(C)C)ccc2F)c(C)c1. The van der Waals surface area contributed by atoms with Crippen LogP contribution in [0.5, 0.6) is 0 Å². The number of benzene rings is 2. The molecule has 0 heterocycles. The van der Waals surface area contributed by atoms with Crippen molar-refractivity contribution >= 4 is 27.6 Å². The zero-order valence-electron chi connectivity index (χ0n) is 15.9. The molecule has 9 heteroatoms. The summed E-state index contributed by atoms with van der Waals surface area (Å²) in [4.78, 5) is 23.9. The number of rotatable bonds is 6. The maximum absolute atomic E-state index is 14.0. The van der Waals surface area contributed by atoms with Gasteiger partial charge in [-0.25, -0.2) is 21.9 Å². The molecule has 7 nitrogen and oxygen atoms in total. The maximum Gasteiger partial charge on any atom is 0.341 e. The summed E-state index contributed by atoms with van der Waals surface area (Å²) in [5, 5.41) is 2.60. The van der Waals surface area contributed by atoms with Crippen LogP contribution in [0.3, 0.4) is 0 Å². The zero-order valence-corrected chi connectivity index (χ0v) is 16.8. The first-order valence-corrected chi connectivity index (χ1v) is 9.72. The van der Waals surface area contributed by atoms with E-state index in [0.717, 1.165) is 33.6 Å². The van der Waals surface area contributed by atoms with Crippen LogP contribution in [0.2, 0.25) is 0 Å². The smallest absolute Gasteiger partial charge is 0.341 e. The number of amides is 1. The second-order valence-corrected chi connectivity index (χ2v) is 8.52. The van der Waals surface area contributed by atoms with Crippen LogP contribution in [0.15, 0.2) is 41.3 Å². The Hall–Kier alpha value is -2.78. The average molecular weight is 408 g/mol. The van der Waals surface area contributed by atoms with Crippen molar-refractivity contribution in [2.24, 2.45) is 0 Å². The Balaban J connectivity index is 2.09. The van der Waals surface area contributed by atoms with Crippen LogP contribution < -0.4 is 5.32 Å². The van der Waals surface area contributed by atoms with Crippen LogP contribution in [0.25, 0.3) is 0 Å². The highest BCUT2D eigenvalue weighted by molar-refractivity contribution is 7.89. The maximum atomic E-state index is 14.0. The summed E-state index contributed by atoms with van der Waals surface area (Å²) in [7, 11) is -1.22. The van der Waals surface area contributed by atoms with Gasteiger partial charge in [0.15, 0.2) is 6.61 Å². The Labute approximate surface area is 163 Å². The molecule has 0 spiro atoms. The van der Waals surface area contributed by atoms with Gasteiger partial charge in [-0.2, -0.15) is 0 Å². The lowest BCUT2D eigenvalue weighted by atomic mass is 10.1. The van der Waals surface area contributed by atoms with Gasteiger partial charge in [-0.1, -0.05) is 17.7 Å². The Morgan fingerprint density at radius 3 is 2.39 bits per heavy atom. The summed E-state index contributed by atoms with van der Waals surface area (Å²) in [6.07, 6.45) is 0. The largest absolute Gasteiger partial charge is 0.452 e. The predicted octanol–water partition coefficient (Wildman–Crippen LogP) is 2.49. The van der Waals surface area contributed by atoms with Crippen molar-refractivity contribution in [3.05, 3.63) is 58.9 Å². The molecular formula is C19H21FN2O5S. The first kappa shape index (κ1) is 21.5. The third-order valence-corrected chi connectivity index (χ3v) is 5.74. The van der Waals surface area contributed by atoms with E-state index in [2.05, 4.69) is 5.32 Å². The number of anilines is 1. The van der Waals surface area contributed by atoms with E-state index in [1.807, 2.05) is 26.0 Å². The Morgan fingerprint density at radius 2 is 1.79 bits per heavy atom. The first-order valence-electron chi connectivity index (χ1n) is 8.28. The van der Waals surface area contributed by atoms with E-state index in [1.54, 1.807) is 6.07 Å². The molecule has 0 aliphatic carbocycles. The minimum atomic E-state index is -3.85. The minimum absolute atomic E-state index is 0.259. The van der Waals surface area contributed by atoms with Gasteiger partial charge in [0.25, 0.3) is 5.91 Å². The molecule has 0 saturated heterocycles. The van der Waals surface area contributed by atoms with Crippen molar-refractivity contribution in [3.63, 3.8) is 0 Å². The summed E-state index contributed by atoms with van der Waals surface area (Å²) in [5.41, 5.74) is 1.87. The third-order valence-electron chi connectivity index (χ3n) is 3.93. The topological polar surface area (TPSA) is 92.8 Å². The molecule has 150 valence electrons. The van der Waals surface area contributed by atoms with Crippen LogP contribution in [-0.2, 0) is 19.6 Å². The van der Waals surface area contributed by atoms with Gasteiger partial charge in [0.2, 0.25) is 10.0 Å². The number of carbonyl (C=O) groups excluding carboxylic acids is 2. The molecule has 0 fully saturated rings. The molecule has 2 aromatic carbocycles. The number of nitrogens with one attached hydrogen (secondary N) is 1. The lowest BCUT2D eigenvalue weighted by Crippen LogP contribution is -2.24. The summed E-state index contributed by atoms with van der Waals surface area (Å²) < 4.78 is 44.0. The molecule has 2 rings (SSSR count). The molecular weight excluding hydrogens is 387 g/mol. The summed E-state index contributed by atoms with van der Waals surface area (Å²) >= 11 is 0. The van der Waals surface area contributed by atoms with E-state index in [0.29, 0.717) is 5.69 Å². The fraction of sp³-hybridized carbons (Fsp3) is 0.263. The summed E-state index contributed by atoms with van der Waals surface area (Å²) in [6.45, 7) is 3.09. The van der Waals surface area contributed by atoms with Gasteiger partial charge in [0.05, 0.1) is 10.5 Å². The molecule has 28 heavy (non-hydrogen) atoms. The van der Waals surface area contributed by atoms with Crippen LogP contribution in [-0.4, -0.2) is 45.3 Å². The van der Waals surface area contributed by atoms with Gasteiger partial charge in [-0.05, 0) is 43.7 Å². The lowest BCUT2D eigenvalue weighted by Gasteiger charge is -2.13. The van der Waals surface area contributed by atoms with Gasteiger partial charge < -0.3 is 10.1 Å². The summed E-state index contributed by atoms with van der Waals surface area (Å²) in [5.74, 6) is -2.68. The van der Waals surface area contributed by atoms with Gasteiger partial charge in [-0.3, -0.25) is 4.79 Å². The molecule has 0 atom stereocenters. The molecule has 2 aromatic rings. The van der Waals surface area contributed by atoms with Gasteiger partial charge in [0, 0.05) is 19.8 Å². The first-order chi connectivity index (χ1) is 13.0. The Bertz CT molecular complexity index is 1020. The number of nitrogens with zero attached hydrogens (tertiary/aromatic N) is 1. The standard InChI is InChI=1S/C19H21FN2O5S/c1-12-5-8-17(13(2)9-12)21-18(23)11-27-19(24)15-10-14(6-7-16(15)20)28(25,26)22(3)4/h5-10H,11H2,1-4H3,(H,21,23). The molecule has 1 N–H and O–H groups in total. The second-order valence-electron chi connectivity index (χ2n) is 6.37. The Kier molecular flexibility index (Phi) is 6.52. The summed E-state index contributed by atoms with van der Waals surface area (Å²) in [6, 6.07) is 8.22. The number of carbonyl (C=O) groups is 2. The van der Waals surface area contributed by atoms with E-state index >= 15 is 0 Å². The molecule has 0 aromatic heterocycles. The number of ether oxygens (including phenoxy) is 1. The minimum Gasteiger partial charge on any atom is -0.452 e. The van der Waals surface area contributed by atoms with Crippen LogP contribution in [0, 0.1) is 19.7 Å². The number of hydrogen-bond acceptors (Lipinski definition) is 5. The van der Waals surface area contributed by atoms with Gasteiger partial charge >= 0.3 is 5.97 Å². The molecule has 0 aliphatic rings. The fourth-order valence-corrected chi connectivity index (χ4v) is 3.31. The lowest BCUT2D eigenvalue weighted by molar-refractivity contribution is -0.119. The highest BCUT2D eigenvalue weighted by Crippen LogP contribution is 2.19. The van der Waals surface area contributed by atoms with E-state index in [4.69, 9.17) is 4.74 Å². The molecule has 1 amide bonds. The van der Waals surface area contributed by atoms with Crippen LogP contribution in [0.4, 0.5) is 10.1 Å². The molecule has 0 saturated carbocycles. The van der Waals surface area contributed by atoms with E-state index in [9.17, 15) is 22.4 Å². The highest BCUT2D eigenvalue weighted by Gasteiger charge is 2.22. The second kappa shape index (κ2) is 8.49. The number of sulfonamides is 1. The Morgan fingerprint density at radius 1 is 1.11 bits per heavy atom. The van der Waals surface area contributed by atoms with Gasteiger partial charge in [0.1, 0.15) is 5.82 Å². The van der Waals surface area contributed by atoms with E-state index in [-0.39, 0.29) is 4.90 Å². The van der Waals surface area contributed by atoms with Crippen molar-refractivity contribution in [2.75, 3.05) is 26.0 Å². The fourth-order valence-electron chi connectivity index (χ4n) is 2.38. The average Bonchev–Trinajstić information content (AvgIpc) is 2.62. The van der Waals surface area contributed by atoms with Crippen molar-refractivity contribution < 1.29 is 27.1 Å². The van der Waals surface area contributed by atoms with Crippen molar-refractivity contribution in [3.8, 4) is 0 Å². The highest BCUT2D eigenvalue weighted by atomic mass is 32.2. The molecule has 0 aliphatic heterocycles. The van der Waals surface area contributed by atoms with Gasteiger partial charge in [-0.15, -0.1) is 0 Å². The zero-order chi connectivity index (χ0) is 21.1. The number of hydrogen-bond donors (Lipinski definition) is 1. The molecule has 0 unspecified atom stereocenters. The van der Waals surface area contributed by atoms with Crippen LogP contribution >= 0.6 is 0 Å². The number of halogens is 1. The van der Waals surface area contributed by atoms with Crippen molar-refractivity contribution in [1.82, 2.24) is 4.31 Å². The van der Waals surface area contributed by atoms with Crippen molar-refractivity contribution in [2.45, 2.75) is 18.7 Å². The number of esters is 1. The van der Waals surface area contributed by atoms with E-state index in [1.165, 1.54) is 14.1 Å². The van der Waals surface area contributed by atoms with Crippen molar-refractivity contribution in [1.29, 1.82) is 0 Å². The quantitative estimate of drug-likeness (QED) is 0.742. The number of aryl methyl sites for hydroxylation is 2. The third kappa shape index (κ3) is 4.93.